The number of rotatable bonds is 4. The van der Waals surface area contributed by atoms with Crippen LogP contribution in [0.4, 0.5) is 5.69 Å². The first kappa shape index (κ1) is 15.0. The van der Waals surface area contributed by atoms with Crippen LogP contribution in [-0.4, -0.2) is 16.1 Å². The highest BCUT2D eigenvalue weighted by atomic mass is 16.1. The molecule has 2 aromatic carbocycles. The molecule has 4 heteroatoms. The van der Waals surface area contributed by atoms with E-state index in [0.717, 1.165) is 11.3 Å². The molecular formula is C19H19N3O. The van der Waals surface area contributed by atoms with Crippen molar-refractivity contribution in [1.29, 1.82) is 0 Å². The molecule has 0 saturated carbocycles. The van der Waals surface area contributed by atoms with Gasteiger partial charge in [0.05, 0.1) is 17.6 Å². The summed E-state index contributed by atoms with van der Waals surface area (Å²) < 4.78 is 0. The SMILES string of the molecule is CC(C)c1ccc(C(=O)Nc2cn[nH]c2-c2ccccc2)cc1. The van der Waals surface area contributed by atoms with E-state index in [9.17, 15) is 4.79 Å². The van der Waals surface area contributed by atoms with E-state index in [1.807, 2.05) is 54.6 Å². The first-order chi connectivity index (χ1) is 11.1. The van der Waals surface area contributed by atoms with Crippen LogP contribution in [0.2, 0.25) is 0 Å². The van der Waals surface area contributed by atoms with Crippen molar-refractivity contribution in [3.63, 3.8) is 0 Å². The maximum Gasteiger partial charge on any atom is 0.255 e. The van der Waals surface area contributed by atoms with E-state index in [0.29, 0.717) is 17.2 Å². The molecule has 0 saturated heterocycles. The number of carbonyl (C=O) groups is 1. The van der Waals surface area contributed by atoms with E-state index < -0.39 is 0 Å². The second-order valence-electron chi connectivity index (χ2n) is 5.76. The maximum atomic E-state index is 12.4. The first-order valence-electron chi connectivity index (χ1n) is 7.65. The summed E-state index contributed by atoms with van der Waals surface area (Å²) in [6.45, 7) is 4.26. The topological polar surface area (TPSA) is 57.8 Å². The van der Waals surface area contributed by atoms with Crippen LogP contribution < -0.4 is 5.32 Å². The van der Waals surface area contributed by atoms with Crippen molar-refractivity contribution in [2.75, 3.05) is 5.32 Å². The lowest BCUT2D eigenvalue weighted by atomic mass is 10.0. The average Bonchev–Trinajstić information content (AvgIpc) is 3.04. The van der Waals surface area contributed by atoms with Crippen LogP contribution in [0.1, 0.15) is 35.7 Å². The van der Waals surface area contributed by atoms with Crippen molar-refractivity contribution in [2.45, 2.75) is 19.8 Å². The number of aromatic amines is 1. The third-order valence-corrected chi connectivity index (χ3v) is 3.79. The fraction of sp³-hybridized carbons (Fsp3) is 0.158. The second kappa shape index (κ2) is 6.48. The van der Waals surface area contributed by atoms with Crippen LogP contribution in [0, 0.1) is 0 Å². The van der Waals surface area contributed by atoms with E-state index in [1.54, 1.807) is 6.20 Å². The number of amides is 1. The van der Waals surface area contributed by atoms with Crippen molar-refractivity contribution in [2.24, 2.45) is 0 Å². The lowest BCUT2D eigenvalue weighted by Crippen LogP contribution is -2.12. The van der Waals surface area contributed by atoms with Crippen LogP contribution >= 0.6 is 0 Å². The number of hydrogen-bond donors (Lipinski definition) is 2. The highest BCUT2D eigenvalue weighted by Crippen LogP contribution is 2.25. The minimum atomic E-state index is -0.140. The highest BCUT2D eigenvalue weighted by molar-refractivity contribution is 6.05. The number of benzene rings is 2. The zero-order valence-corrected chi connectivity index (χ0v) is 13.2. The number of nitrogens with zero attached hydrogens (tertiary/aromatic N) is 1. The summed E-state index contributed by atoms with van der Waals surface area (Å²) in [5.41, 5.74) is 4.31. The molecular weight excluding hydrogens is 286 g/mol. The van der Waals surface area contributed by atoms with Crippen molar-refractivity contribution in [3.05, 3.63) is 71.9 Å². The highest BCUT2D eigenvalue weighted by Gasteiger charge is 2.12. The zero-order chi connectivity index (χ0) is 16.2. The minimum Gasteiger partial charge on any atom is -0.319 e. The number of hydrogen-bond acceptors (Lipinski definition) is 2. The van der Waals surface area contributed by atoms with Gasteiger partial charge in [-0.05, 0) is 23.6 Å². The number of H-pyrrole nitrogens is 1. The summed E-state index contributed by atoms with van der Waals surface area (Å²) in [5.74, 6) is 0.310. The van der Waals surface area contributed by atoms with Gasteiger partial charge < -0.3 is 5.32 Å². The molecule has 0 aliphatic carbocycles. The van der Waals surface area contributed by atoms with Crippen LogP contribution in [-0.2, 0) is 0 Å². The quantitative estimate of drug-likeness (QED) is 0.748. The molecule has 0 spiro atoms. The summed E-state index contributed by atoms with van der Waals surface area (Å²) in [5, 5.41) is 9.90. The number of nitrogens with one attached hydrogen (secondary N) is 2. The molecule has 3 rings (SSSR count). The van der Waals surface area contributed by atoms with Gasteiger partial charge in [0.1, 0.15) is 0 Å². The van der Waals surface area contributed by atoms with Gasteiger partial charge in [-0.2, -0.15) is 5.10 Å². The Kier molecular flexibility index (Phi) is 4.24. The van der Waals surface area contributed by atoms with Crippen LogP contribution in [0.5, 0.6) is 0 Å². The Morgan fingerprint density at radius 1 is 1.04 bits per heavy atom. The van der Waals surface area contributed by atoms with Gasteiger partial charge >= 0.3 is 0 Å². The van der Waals surface area contributed by atoms with Crippen LogP contribution in [0.3, 0.4) is 0 Å². The van der Waals surface area contributed by atoms with E-state index in [1.165, 1.54) is 5.56 Å². The molecule has 0 radical (unpaired) electrons. The molecule has 2 N–H and O–H groups in total. The lowest BCUT2D eigenvalue weighted by molar-refractivity contribution is 0.102. The number of carbonyl (C=O) groups excluding carboxylic acids is 1. The molecule has 0 fully saturated rings. The predicted molar refractivity (Wildman–Crippen MR) is 92.5 cm³/mol. The summed E-state index contributed by atoms with van der Waals surface area (Å²) >= 11 is 0. The van der Waals surface area contributed by atoms with Gasteiger partial charge in [-0.1, -0.05) is 56.3 Å². The average molecular weight is 305 g/mol. The van der Waals surface area contributed by atoms with Crippen molar-refractivity contribution in [3.8, 4) is 11.3 Å². The molecule has 4 nitrogen and oxygen atoms in total. The third kappa shape index (κ3) is 3.31. The molecule has 0 unspecified atom stereocenters. The Balaban J connectivity index is 1.80. The summed E-state index contributed by atoms with van der Waals surface area (Å²) in [6, 6.07) is 17.5. The molecule has 1 aromatic heterocycles. The fourth-order valence-corrected chi connectivity index (χ4v) is 2.42. The molecule has 0 aliphatic rings. The maximum absolute atomic E-state index is 12.4. The van der Waals surface area contributed by atoms with Crippen LogP contribution in [0.15, 0.2) is 60.8 Å². The summed E-state index contributed by atoms with van der Waals surface area (Å²) in [4.78, 5) is 12.4. The second-order valence-corrected chi connectivity index (χ2v) is 5.76. The van der Waals surface area contributed by atoms with Crippen LogP contribution in [0.25, 0.3) is 11.3 Å². The lowest BCUT2D eigenvalue weighted by Gasteiger charge is -2.08. The standard InChI is InChI=1S/C19H19N3O/c1-13(2)14-8-10-16(11-9-14)19(23)21-17-12-20-22-18(17)15-6-4-3-5-7-15/h3-13H,1-2H3,(H,20,22)(H,21,23). The normalized spacial score (nSPS) is 10.7. The Bertz CT molecular complexity index is 789. The summed E-state index contributed by atoms with van der Waals surface area (Å²) in [7, 11) is 0. The van der Waals surface area contributed by atoms with Gasteiger partial charge in [0.25, 0.3) is 5.91 Å². The molecule has 3 aromatic rings. The fourth-order valence-electron chi connectivity index (χ4n) is 2.42. The third-order valence-electron chi connectivity index (χ3n) is 3.79. The Morgan fingerprint density at radius 2 is 1.74 bits per heavy atom. The van der Waals surface area contributed by atoms with Crippen molar-refractivity contribution < 1.29 is 4.79 Å². The van der Waals surface area contributed by atoms with Gasteiger partial charge in [0, 0.05) is 11.1 Å². The van der Waals surface area contributed by atoms with E-state index in [2.05, 4.69) is 29.4 Å². The minimum absolute atomic E-state index is 0.140. The van der Waals surface area contributed by atoms with E-state index in [4.69, 9.17) is 0 Å². The van der Waals surface area contributed by atoms with Gasteiger partial charge in [0.15, 0.2) is 0 Å². The first-order valence-corrected chi connectivity index (χ1v) is 7.65. The van der Waals surface area contributed by atoms with Crippen molar-refractivity contribution in [1.82, 2.24) is 10.2 Å². The van der Waals surface area contributed by atoms with Gasteiger partial charge in [-0.3, -0.25) is 9.89 Å². The van der Waals surface area contributed by atoms with E-state index >= 15 is 0 Å². The predicted octanol–water partition coefficient (Wildman–Crippen LogP) is 4.45. The molecule has 1 heterocycles. The Morgan fingerprint density at radius 3 is 2.39 bits per heavy atom. The Hall–Kier alpha value is -2.88. The number of anilines is 1. The Labute approximate surface area is 135 Å². The van der Waals surface area contributed by atoms with Gasteiger partial charge in [0.2, 0.25) is 0 Å². The number of aromatic nitrogens is 2. The molecule has 0 atom stereocenters. The molecule has 23 heavy (non-hydrogen) atoms. The van der Waals surface area contributed by atoms with Crippen molar-refractivity contribution >= 4 is 11.6 Å². The molecule has 116 valence electrons. The van der Waals surface area contributed by atoms with Gasteiger partial charge in [-0.15, -0.1) is 0 Å². The molecule has 1 amide bonds. The molecule has 0 bridgehead atoms. The summed E-state index contributed by atoms with van der Waals surface area (Å²) in [6.07, 6.45) is 1.63. The van der Waals surface area contributed by atoms with Gasteiger partial charge in [-0.25, -0.2) is 0 Å². The smallest absolute Gasteiger partial charge is 0.255 e. The largest absolute Gasteiger partial charge is 0.319 e. The monoisotopic (exact) mass is 305 g/mol. The zero-order valence-electron chi connectivity index (χ0n) is 13.2. The van der Waals surface area contributed by atoms with E-state index in [-0.39, 0.29) is 5.91 Å². The molecule has 0 aliphatic heterocycles.